The number of rotatable bonds is 2. The SMILES string of the molecule is CCOC(=O)[C@@H]1CC12CCc1ccc(O)cc12. The molecule has 2 aliphatic carbocycles. The number of carbonyl (C=O) groups excluding carboxylic acids is 1. The topological polar surface area (TPSA) is 46.5 Å². The predicted octanol–water partition coefficient (Wildman–Crippen LogP) is 2.16. The summed E-state index contributed by atoms with van der Waals surface area (Å²) in [6.07, 6.45) is 2.89. The summed E-state index contributed by atoms with van der Waals surface area (Å²) in [5, 5.41) is 9.57. The summed E-state index contributed by atoms with van der Waals surface area (Å²) in [7, 11) is 0. The summed E-state index contributed by atoms with van der Waals surface area (Å²) in [6, 6.07) is 5.51. The van der Waals surface area contributed by atoms with Crippen LogP contribution in [0.25, 0.3) is 0 Å². The molecule has 17 heavy (non-hydrogen) atoms. The van der Waals surface area contributed by atoms with Gasteiger partial charge in [-0.3, -0.25) is 4.79 Å². The second kappa shape index (κ2) is 3.49. The fraction of sp³-hybridized carbons (Fsp3) is 0.500. The van der Waals surface area contributed by atoms with Gasteiger partial charge in [-0.25, -0.2) is 0 Å². The van der Waals surface area contributed by atoms with Gasteiger partial charge in [-0.1, -0.05) is 6.07 Å². The third-order valence-electron chi connectivity index (χ3n) is 4.12. The van der Waals surface area contributed by atoms with Gasteiger partial charge in [-0.05, 0) is 49.4 Å². The lowest BCUT2D eigenvalue weighted by atomic mass is 9.95. The highest BCUT2D eigenvalue weighted by Gasteiger charge is 2.62. The fourth-order valence-corrected chi connectivity index (χ4v) is 3.17. The Bertz CT molecular complexity index is 480. The Morgan fingerprint density at radius 1 is 1.59 bits per heavy atom. The van der Waals surface area contributed by atoms with Crippen molar-refractivity contribution in [2.75, 3.05) is 6.61 Å². The highest BCUT2D eigenvalue weighted by molar-refractivity contribution is 5.80. The molecule has 1 saturated carbocycles. The molecule has 2 atom stereocenters. The number of ether oxygens (including phenoxy) is 1. The van der Waals surface area contributed by atoms with Crippen molar-refractivity contribution in [2.24, 2.45) is 5.92 Å². The smallest absolute Gasteiger partial charge is 0.309 e. The van der Waals surface area contributed by atoms with Crippen molar-refractivity contribution < 1.29 is 14.6 Å². The van der Waals surface area contributed by atoms with Crippen LogP contribution in [0.5, 0.6) is 5.75 Å². The summed E-state index contributed by atoms with van der Waals surface area (Å²) in [5.41, 5.74) is 2.41. The maximum atomic E-state index is 11.8. The zero-order valence-electron chi connectivity index (χ0n) is 9.90. The number of carbonyl (C=O) groups is 1. The van der Waals surface area contributed by atoms with Gasteiger partial charge in [0.2, 0.25) is 0 Å². The second-order valence-corrected chi connectivity index (χ2v) is 5.01. The van der Waals surface area contributed by atoms with E-state index in [2.05, 4.69) is 0 Å². The Labute approximate surface area is 100 Å². The van der Waals surface area contributed by atoms with Crippen LogP contribution in [0.1, 0.15) is 30.9 Å². The Morgan fingerprint density at radius 2 is 2.41 bits per heavy atom. The molecule has 0 bridgehead atoms. The first-order valence-corrected chi connectivity index (χ1v) is 6.16. The van der Waals surface area contributed by atoms with Crippen molar-refractivity contribution in [3.05, 3.63) is 29.3 Å². The highest BCUT2D eigenvalue weighted by atomic mass is 16.5. The van der Waals surface area contributed by atoms with E-state index < -0.39 is 0 Å². The first-order valence-electron chi connectivity index (χ1n) is 6.16. The predicted molar refractivity (Wildman–Crippen MR) is 62.8 cm³/mol. The van der Waals surface area contributed by atoms with Gasteiger partial charge in [0.25, 0.3) is 0 Å². The molecule has 0 radical (unpaired) electrons. The number of aryl methyl sites for hydroxylation is 1. The Morgan fingerprint density at radius 3 is 3.18 bits per heavy atom. The normalized spacial score (nSPS) is 29.1. The molecule has 1 aromatic rings. The molecule has 3 rings (SSSR count). The monoisotopic (exact) mass is 232 g/mol. The minimum absolute atomic E-state index is 0.00509. The van der Waals surface area contributed by atoms with Crippen molar-refractivity contribution in [1.82, 2.24) is 0 Å². The van der Waals surface area contributed by atoms with Crippen molar-refractivity contribution >= 4 is 5.97 Å². The van der Waals surface area contributed by atoms with Gasteiger partial charge in [0, 0.05) is 5.41 Å². The molecule has 1 N–H and O–H groups in total. The van der Waals surface area contributed by atoms with Gasteiger partial charge >= 0.3 is 5.97 Å². The quantitative estimate of drug-likeness (QED) is 0.795. The molecule has 1 aromatic carbocycles. The molecule has 1 unspecified atom stereocenters. The number of phenols is 1. The maximum Gasteiger partial charge on any atom is 0.309 e. The van der Waals surface area contributed by atoms with Crippen molar-refractivity contribution in [3.63, 3.8) is 0 Å². The van der Waals surface area contributed by atoms with Gasteiger partial charge in [-0.2, -0.15) is 0 Å². The van der Waals surface area contributed by atoms with E-state index in [4.69, 9.17) is 4.74 Å². The lowest BCUT2D eigenvalue weighted by Gasteiger charge is -2.11. The maximum absolute atomic E-state index is 11.8. The van der Waals surface area contributed by atoms with E-state index in [1.54, 1.807) is 6.07 Å². The van der Waals surface area contributed by atoms with Gasteiger partial charge in [-0.15, -0.1) is 0 Å². The first kappa shape index (κ1) is 10.6. The largest absolute Gasteiger partial charge is 0.508 e. The lowest BCUT2D eigenvalue weighted by Crippen LogP contribution is -2.15. The van der Waals surface area contributed by atoms with Crippen molar-refractivity contribution in [3.8, 4) is 5.75 Å². The van der Waals surface area contributed by atoms with Crippen LogP contribution in [-0.2, 0) is 21.4 Å². The standard InChI is InChI=1S/C14H16O3/c1-2-17-13(16)12-8-14(12)6-5-9-3-4-10(15)7-11(9)14/h3-4,7,12,15H,2,5-6,8H2,1H3/t12-,14?/m0/s1. The van der Waals surface area contributed by atoms with Crippen LogP contribution in [-0.4, -0.2) is 17.7 Å². The molecule has 1 spiro atoms. The van der Waals surface area contributed by atoms with E-state index in [0.29, 0.717) is 12.4 Å². The zero-order chi connectivity index (χ0) is 12.0. The molecule has 1 fully saturated rings. The molecule has 0 saturated heterocycles. The molecule has 0 aliphatic heterocycles. The Kier molecular flexibility index (Phi) is 2.18. The van der Waals surface area contributed by atoms with E-state index >= 15 is 0 Å². The molecule has 0 aromatic heterocycles. The minimum Gasteiger partial charge on any atom is -0.508 e. The number of benzene rings is 1. The highest BCUT2D eigenvalue weighted by Crippen LogP contribution is 2.62. The molecular weight excluding hydrogens is 216 g/mol. The summed E-state index contributed by atoms with van der Waals surface area (Å²) in [6.45, 7) is 2.28. The van der Waals surface area contributed by atoms with E-state index in [9.17, 15) is 9.90 Å². The average molecular weight is 232 g/mol. The van der Waals surface area contributed by atoms with Gasteiger partial charge in [0.15, 0.2) is 0 Å². The van der Waals surface area contributed by atoms with Gasteiger partial charge in [0.05, 0.1) is 12.5 Å². The zero-order valence-corrected chi connectivity index (χ0v) is 9.90. The molecule has 0 amide bonds. The van der Waals surface area contributed by atoms with Crippen LogP contribution >= 0.6 is 0 Å². The van der Waals surface area contributed by atoms with Crippen LogP contribution in [0.15, 0.2) is 18.2 Å². The number of phenolic OH excluding ortho intramolecular Hbond substituents is 1. The van der Waals surface area contributed by atoms with Crippen LogP contribution in [0.2, 0.25) is 0 Å². The Balaban J connectivity index is 1.90. The molecule has 90 valence electrons. The Hall–Kier alpha value is -1.51. The van der Waals surface area contributed by atoms with Gasteiger partial charge < -0.3 is 9.84 Å². The number of aromatic hydroxyl groups is 1. The number of fused-ring (bicyclic) bond motifs is 2. The fourth-order valence-electron chi connectivity index (χ4n) is 3.17. The average Bonchev–Trinajstić information content (AvgIpc) is 2.93. The minimum atomic E-state index is -0.0799. The number of hydrogen-bond donors (Lipinski definition) is 1. The van der Waals surface area contributed by atoms with Gasteiger partial charge in [0.1, 0.15) is 5.75 Å². The van der Waals surface area contributed by atoms with E-state index in [0.717, 1.165) is 24.8 Å². The van der Waals surface area contributed by atoms with Crippen LogP contribution in [0, 0.1) is 5.92 Å². The van der Waals surface area contributed by atoms with Crippen LogP contribution in [0.3, 0.4) is 0 Å². The van der Waals surface area contributed by atoms with E-state index in [-0.39, 0.29) is 17.3 Å². The third-order valence-corrected chi connectivity index (χ3v) is 4.12. The van der Waals surface area contributed by atoms with E-state index in [1.807, 2.05) is 19.1 Å². The van der Waals surface area contributed by atoms with Crippen molar-refractivity contribution in [1.29, 1.82) is 0 Å². The molecule has 0 heterocycles. The third kappa shape index (κ3) is 1.45. The van der Waals surface area contributed by atoms with Crippen LogP contribution < -0.4 is 0 Å². The summed E-state index contributed by atoms with van der Waals surface area (Å²) < 4.78 is 5.10. The molecular formula is C14H16O3. The summed E-state index contributed by atoms with van der Waals surface area (Å²) in [4.78, 5) is 11.8. The second-order valence-electron chi connectivity index (χ2n) is 5.01. The first-order chi connectivity index (χ1) is 8.17. The van der Waals surface area contributed by atoms with E-state index in [1.165, 1.54) is 5.56 Å². The lowest BCUT2D eigenvalue weighted by molar-refractivity contribution is -0.145. The number of esters is 1. The molecule has 2 aliphatic rings. The molecule has 3 heteroatoms. The molecule has 3 nitrogen and oxygen atoms in total. The van der Waals surface area contributed by atoms with Crippen LogP contribution in [0.4, 0.5) is 0 Å². The summed E-state index contributed by atoms with van der Waals surface area (Å²) >= 11 is 0. The van der Waals surface area contributed by atoms with Crippen molar-refractivity contribution in [2.45, 2.75) is 31.6 Å². The summed E-state index contributed by atoms with van der Waals surface area (Å²) in [5.74, 6) is 0.216. The number of hydrogen-bond acceptors (Lipinski definition) is 3.